The number of rotatable bonds is 7. The van der Waals surface area contributed by atoms with E-state index in [9.17, 15) is 8.42 Å². The predicted octanol–water partition coefficient (Wildman–Crippen LogP) is 1.32. The fraction of sp³-hybridized carbons (Fsp3) is 0.600. The normalized spacial score (nSPS) is 11.8. The Hall–Kier alpha value is -0.730. The van der Waals surface area contributed by atoms with E-state index in [2.05, 4.69) is 31.2 Å². The number of nitrogens with one attached hydrogen (secondary N) is 1. The van der Waals surface area contributed by atoms with Crippen LogP contribution in [0.25, 0.3) is 0 Å². The van der Waals surface area contributed by atoms with Gasteiger partial charge in [-0.3, -0.25) is 0 Å². The summed E-state index contributed by atoms with van der Waals surface area (Å²) < 4.78 is 24.9. The van der Waals surface area contributed by atoms with Gasteiger partial charge in [-0.15, -0.1) is 0 Å². The summed E-state index contributed by atoms with van der Waals surface area (Å²) in [6.45, 7) is 3.50. The van der Waals surface area contributed by atoms with Crippen LogP contribution in [0.3, 0.4) is 0 Å². The maximum Gasteiger partial charge on any atom is 0.211 e. The Morgan fingerprint density at radius 2 is 2.17 bits per heavy atom. The second-order valence-corrected chi connectivity index (χ2v) is 6.56. The predicted molar refractivity (Wildman–Crippen MR) is 74.9 cm³/mol. The highest BCUT2D eigenvalue weighted by atomic mass is 79.9. The van der Waals surface area contributed by atoms with Crippen LogP contribution in [0.1, 0.15) is 13.3 Å². The van der Waals surface area contributed by atoms with E-state index in [1.54, 1.807) is 6.07 Å². The molecule has 0 aliphatic rings. The fourth-order valence-corrected chi connectivity index (χ4v) is 2.70. The van der Waals surface area contributed by atoms with E-state index < -0.39 is 10.0 Å². The lowest BCUT2D eigenvalue weighted by molar-refractivity contribution is 0.428. The van der Waals surface area contributed by atoms with Crippen LogP contribution in [0.15, 0.2) is 17.0 Å². The topological polar surface area (TPSA) is 75.2 Å². The van der Waals surface area contributed by atoms with Gasteiger partial charge in [-0.25, -0.2) is 22.7 Å². The first-order valence-electron chi connectivity index (χ1n) is 5.60. The molecule has 1 N–H and O–H groups in total. The van der Waals surface area contributed by atoms with Gasteiger partial charge in [0.05, 0.1) is 6.26 Å². The SMILES string of the molecule is CCN(CCCNc1cc(Br)ncn1)S(C)(=O)=O. The van der Waals surface area contributed by atoms with Crippen LogP contribution in [-0.4, -0.2) is 48.6 Å². The molecule has 0 fully saturated rings. The van der Waals surface area contributed by atoms with Gasteiger partial charge < -0.3 is 5.32 Å². The van der Waals surface area contributed by atoms with Crippen molar-refractivity contribution in [2.45, 2.75) is 13.3 Å². The van der Waals surface area contributed by atoms with Gasteiger partial charge in [-0.1, -0.05) is 6.92 Å². The van der Waals surface area contributed by atoms with Crippen molar-refractivity contribution in [3.05, 3.63) is 17.0 Å². The number of hydrogen-bond acceptors (Lipinski definition) is 5. The number of sulfonamides is 1. The van der Waals surface area contributed by atoms with Gasteiger partial charge in [0.25, 0.3) is 0 Å². The van der Waals surface area contributed by atoms with E-state index in [0.29, 0.717) is 24.2 Å². The van der Waals surface area contributed by atoms with Crippen molar-refractivity contribution in [3.63, 3.8) is 0 Å². The average Bonchev–Trinajstić information content (AvgIpc) is 2.27. The first-order valence-corrected chi connectivity index (χ1v) is 8.24. The summed E-state index contributed by atoms with van der Waals surface area (Å²) in [6.07, 6.45) is 3.41. The summed E-state index contributed by atoms with van der Waals surface area (Å²) in [5.74, 6) is 0.722. The maximum atomic E-state index is 11.4. The Morgan fingerprint density at radius 1 is 1.44 bits per heavy atom. The summed E-state index contributed by atoms with van der Waals surface area (Å²) >= 11 is 3.25. The summed E-state index contributed by atoms with van der Waals surface area (Å²) in [4.78, 5) is 7.96. The lowest BCUT2D eigenvalue weighted by atomic mass is 10.4. The molecule has 1 heterocycles. The van der Waals surface area contributed by atoms with Crippen LogP contribution in [0.4, 0.5) is 5.82 Å². The molecule has 0 saturated carbocycles. The Morgan fingerprint density at radius 3 is 2.72 bits per heavy atom. The van der Waals surface area contributed by atoms with Crippen molar-refractivity contribution in [1.29, 1.82) is 0 Å². The molecule has 0 radical (unpaired) electrons. The Kier molecular flexibility index (Phi) is 5.97. The summed E-state index contributed by atoms with van der Waals surface area (Å²) in [5, 5.41) is 3.11. The monoisotopic (exact) mass is 336 g/mol. The van der Waals surface area contributed by atoms with Crippen molar-refractivity contribution in [3.8, 4) is 0 Å². The molecule has 102 valence electrons. The van der Waals surface area contributed by atoms with Gasteiger partial charge in [-0.2, -0.15) is 0 Å². The minimum absolute atomic E-state index is 0.498. The van der Waals surface area contributed by atoms with Crippen LogP contribution in [0, 0.1) is 0 Å². The third-order valence-corrected chi connectivity index (χ3v) is 4.16. The van der Waals surface area contributed by atoms with Crippen molar-refractivity contribution in [2.24, 2.45) is 0 Å². The first-order chi connectivity index (χ1) is 8.43. The second kappa shape index (κ2) is 7.01. The molecule has 0 spiro atoms. The number of nitrogens with zero attached hydrogens (tertiary/aromatic N) is 3. The van der Waals surface area contributed by atoms with Gasteiger partial charge in [0.1, 0.15) is 16.7 Å². The molecule has 0 atom stereocenters. The number of halogens is 1. The number of hydrogen-bond donors (Lipinski definition) is 1. The lowest BCUT2D eigenvalue weighted by Gasteiger charge is -2.17. The van der Waals surface area contributed by atoms with E-state index in [1.807, 2.05) is 6.92 Å². The molecule has 0 saturated heterocycles. The van der Waals surface area contributed by atoms with Crippen molar-refractivity contribution >= 4 is 31.8 Å². The highest BCUT2D eigenvalue weighted by molar-refractivity contribution is 9.10. The summed E-state index contributed by atoms with van der Waals surface area (Å²) in [5.41, 5.74) is 0. The largest absolute Gasteiger partial charge is 0.370 e. The summed E-state index contributed by atoms with van der Waals surface area (Å²) in [7, 11) is -3.09. The van der Waals surface area contributed by atoms with E-state index >= 15 is 0 Å². The smallest absolute Gasteiger partial charge is 0.211 e. The Balaban J connectivity index is 2.35. The van der Waals surface area contributed by atoms with Crippen molar-refractivity contribution in [1.82, 2.24) is 14.3 Å². The zero-order valence-corrected chi connectivity index (χ0v) is 12.8. The third-order valence-electron chi connectivity index (χ3n) is 2.35. The molecule has 18 heavy (non-hydrogen) atoms. The van der Waals surface area contributed by atoms with Gasteiger partial charge in [0, 0.05) is 25.7 Å². The van der Waals surface area contributed by atoms with Crippen molar-refractivity contribution in [2.75, 3.05) is 31.2 Å². The molecule has 1 rings (SSSR count). The quantitative estimate of drug-likeness (QED) is 0.600. The molecule has 0 aromatic carbocycles. The molecule has 8 heteroatoms. The second-order valence-electron chi connectivity index (χ2n) is 3.76. The molecule has 1 aromatic heterocycles. The molecule has 0 aliphatic heterocycles. The standard InChI is InChI=1S/C10H17BrN4O2S/c1-3-15(18(2,16)17)6-4-5-12-10-7-9(11)13-8-14-10/h7-8H,3-6H2,1-2H3,(H,12,13,14). The van der Waals surface area contributed by atoms with Crippen LogP contribution < -0.4 is 5.32 Å². The Labute approximate surface area is 116 Å². The molecule has 0 aliphatic carbocycles. The molecular weight excluding hydrogens is 320 g/mol. The van der Waals surface area contributed by atoms with Crippen LogP contribution in [0.5, 0.6) is 0 Å². The van der Waals surface area contributed by atoms with E-state index in [1.165, 1.54) is 16.9 Å². The summed E-state index contributed by atoms with van der Waals surface area (Å²) in [6, 6.07) is 1.77. The van der Waals surface area contributed by atoms with Gasteiger partial charge in [0.2, 0.25) is 10.0 Å². The van der Waals surface area contributed by atoms with Gasteiger partial charge in [0.15, 0.2) is 0 Å². The highest BCUT2D eigenvalue weighted by Crippen LogP contribution is 2.09. The average molecular weight is 337 g/mol. The van der Waals surface area contributed by atoms with Gasteiger partial charge >= 0.3 is 0 Å². The van der Waals surface area contributed by atoms with Gasteiger partial charge in [-0.05, 0) is 22.4 Å². The number of aromatic nitrogens is 2. The van der Waals surface area contributed by atoms with Crippen molar-refractivity contribution < 1.29 is 8.42 Å². The molecule has 0 bridgehead atoms. The third kappa shape index (κ3) is 5.28. The molecule has 0 unspecified atom stereocenters. The lowest BCUT2D eigenvalue weighted by Crippen LogP contribution is -2.31. The highest BCUT2D eigenvalue weighted by Gasteiger charge is 2.12. The van der Waals surface area contributed by atoms with E-state index in [-0.39, 0.29) is 0 Å². The van der Waals surface area contributed by atoms with Crippen LogP contribution in [-0.2, 0) is 10.0 Å². The minimum atomic E-state index is -3.09. The molecule has 6 nitrogen and oxygen atoms in total. The molecule has 0 amide bonds. The fourth-order valence-electron chi connectivity index (χ4n) is 1.46. The van der Waals surface area contributed by atoms with E-state index in [4.69, 9.17) is 0 Å². The molecule has 1 aromatic rings. The Bertz CT molecular complexity index is 481. The van der Waals surface area contributed by atoms with E-state index in [0.717, 1.165) is 12.2 Å². The minimum Gasteiger partial charge on any atom is -0.370 e. The molecular formula is C10H17BrN4O2S. The van der Waals surface area contributed by atoms with Crippen LogP contribution >= 0.6 is 15.9 Å². The number of anilines is 1. The zero-order chi connectivity index (χ0) is 13.6. The zero-order valence-electron chi connectivity index (χ0n) is 10.4. The first kappa shape index (κ1) is 15.3. The maximum absolute atomic E-state index is 11.4. The van der Waals surface area contributed by atoms with Crippen LogP contribution in [0.2, 0.25) is 0 Å².